The van der Waals surface area contributed by atoms with Crippen LogP contribution in [-0.2, 0) is 13.0 Å². The number of aromatic nitrogens is 2. The van der Waals surface area contributed by atoms with Crippen molar-refractivity contribution in [3.05, 3.63) is 89.4 Å². The summed E-state index contributed by atoms with van der Waals surface area (Å²) in [6.45, 7) is 3.40. The van der Waals surface area contributed by atoms with Crippen LogP contribution < -0.4 is 10.2 Å². The maximum Gasteiger partial charge on any atom is 0.253 e. The van der Waals surface area contributed by atoms with Gasteiger partial charge in [-0.05, 0) is 54.3 Å². The number of carbonyl (C=O) groups excluding carboxylic acids is 1. The van der Waals surface area contributed by atoms with E-state index in [0.717, 1.165) is 24.3 Å². The summed E-state index contributed by atoms with van der Waals surface area (Å²) >= 11 is 0. The number of benzene rings is 1. The van der Waals surface area contributed by atoms with Crippen molar-refractivity contribution in [2.24, 2.45) is 0 Å². The van der Waals surface area contributed by atoms with Crippen molar-refractivity contribution in [1.29, 1.82) is 0 Å². The topological polar surface area (TPSA) is 58.1 Å². The number of amides is 1. The first-order chi connectivity index (χ1) is 13.1. The molecule has 0 fully saturated rings. The van der Waals surface area contributed by atoms with Crippen molar-refractivity contribution in [2.45, 2.75) is 19.9 Å². The van der Waals surface area contributed by atoms with Crippen LogP contribution in [0.4, 0.5) is 5.82 Å². The average molecular weight is 360 g/mol. The minimum Gasteiger partial charge on any atom is -0.359 e. The predicted molar refractivity (Wildman–Crippen MR) is 108 cm³/mol. The van der Waals surface area contributed by atoms with Gasteiger partial charge in [-0.25, -0.2) is 4.98 Å². The maximum atomic E-state index is 12.4. The third-order valence-electron chi connectivity index (χ3n) is 4.59. The fourth-order valence-corrected chi connectivity index (χ4v) is 2.79. The first-order valence-corrected chi connectivity index (χ1v) is 9.02. The Morgan fingerprint density at radius 3 is 2.56 bits per heavy atom. The van der Waals surface area contributed by atoms with Gasteiger partial charge in [0.1, 0.15) is 5.82 Å². The van der Waals surface area contributed by atoms with Gasteiger partial charge in [-0.2, -0.15) is 0 Å². The molecule has 3 aromatic rings. The highest BCUT2D eigenvalue weighted by atomic mass is 16.1. The second-order valence-electron chi connectivity index (χ2n) is 6.54. The highest BCUT2D eigenvalue weighted by molar-refractivity contribution is 5.94. The second-order valence-corrected chi connectivity index (χ2v) is 6.54. The normalized spacial score (nSPS) is 10.4. The van der Waals surface area contributed by atoms with E-state index < -0.39 is 0 Å². The van der Waals surface area contributed by atoms with Crippen LogP contribution >= 0.6 is 0 Å². The molecule has 0 bridgehead atoms. The van der Waals surface area contributed by atoms with E-state index in [1.807, 2.05) is 62.5 Å². The molecule has 0 saturated carbocycles. The lowest BCUT2D eigenvalue weighted by molar-refractivity contribution is 0.0950. The minimum absolute atomic E-state index is 0.114. The molecule has 2 aromatic heterocycles. The number of carbonyl (C=O) groups is 1. The lowest BCUT2D eigenvalue weighted by atomic mass is 10.1. The van der Waals surface area contributed by atoms with E-state index >= 15 is 0 Å². The monoisotopic (exact) mass is 360 g/mol. The summed E-state index contributed by atoms with van der Waals surface area (Å²) in [7, 11) is 2.00. The van der Waals surface area contributed by atoms with E-state index in [-0.39, 0.29) is 5.91 Å². The molecular weight excluding hydrogens is 336 g/mol. The third-order valence-corrected chi connectivity index (χ3v) is 4.59. The fourth-order valence-electron chi connectivity index (χ4n) is 2.79. The molecule has 138 valence electrons. The molecule has 5 heteroatoms. The highest BCUT2D eigenvalue weighted by Gasteiger charge is 2.09. The summed E-state index contributed by atoms with van der Waals surface area (Å²) in [5, 5.41) is 2.95. The first-order valence-electron chi connectivity index (χ1n) is 9.02. The Bertz CT molecular complexity index is 878. The van der Waals surface area contributed by atoms with Gasteiger partial charge in [0.15, 0.2) is 0 Å². The van der Waals surface area contributed by atoms with E-state index in [1.165, 1.54) is 11.1 Å². The number of nitrogens with one attached hydrogen (secondary N) is 1. The lowest BCUT2D eigenvalue weighted by Crippen LogP contribution is -2.24. The first kappa shape index (κ1) is 18.6. The Morgan fingerprint density at radius 1 is 1.07 bits per heavy atom. The van der Waals surface area contributed by atoms with Crippen molar-refractivity contribution in [3.8, 4) is 0 Å². The van der Waals surface area contributed by atoms with Crippen LogP contribution in [0.3, 0.4) is 0 Å². The molecule has 0 atom stereocenters. The standard InChI is InChI=1S/C22H24N4O/c1-17-5-3-4-6-19(17)15-25-22(27)20-7-8-21(24-16-20)26(2)14-11-18-9-12-23-13-10-18/h3-10,12-13,16H,11,14-15H2,1-2H3,(H,25,27). The van der Waals surface area contributed by atoms with Crippen LogP contribution in [0.5, 0.6) is 0 Å². The second kappa shape index (κ2) is 8.94. The van der Waals surface area contributed by atoms with Gasteiger partial charge in [-0.1, -0.05) is 24.3 Å². The molecule has 0 unspecified atom stereocenters. The number of hydrogen-bond donors (Lipinski definition) is 1. The molecule has 0 radical (unpaired) electrons. The van der Waals surface area contributed by atoms with Gasteiger partial charge in [0.25, 0.3) is 5.91 Å². The van der Waals surface area contributed by atoms with Gasteiger partial charge in [0.2, 0.25) is 0 Å². The van der Waals surface area contributed by atoms with E-state index in [2.05, 4.69) is 20.2 Å². The van der Waals surface area contributed by atoms with Crippen LogP contribution in [0, 0.1) is 6.92 Å². The Morgan fingerprint density at radius 2 is 1.85 bits per heavy atom. The molecule has 1 aromatic carbocycles. The van der Waals surface area contributed by atoms with Crippen molar-refractivity contribution in [3.63, 3.8) is 0 Å². The van der Waals surface area contributed by atoms with Gasteiger partial charge in [-0.15, -0.1) is 0 Å². The largest absolute Gasteiger partial charge is 0.359 e. The Balaban J connectivity index is 1.54. The predicted octanol–water partition coefficient (Wildman–Crippen LogP) is 3.39. The molecule has 0 aliphatic carbocycles. The molecule has 2 heterocycles. The van der Waals surface area contributed by atoms with Gasteiger partial charge in [0, 0.05) is 38.7 Å². The molecule has 5 nitrogen and oxygen atoms in total. The molecule has 0 aliphatic rings. The van der Waals surface area contributed by atoms with Crippen molar-refractivity contribution in [1.82, 2.24) is 15.3 Å². The molecule has 3 rings (SSSR count). The molecule has 27 heavy (non-hydrogen) atoms. The Kier molecular flexibility index (Phi) is 6.15. The lowest BCUT2D eigenvalue weighted by Gasteiger charge is -2.18. The molecule has 0 aliphatic heterocycles. The minimum atomic E-state index is -0.114. The number of rotatable bonds is 7. The van der Waals surface area contributed by atoms with Crippen LogP contribution in [-0.4, -0.2) is 29.5 Å². The van der Waals surface area contributed by atoms with Gasteiger partial charge >= 0.3 is 0 Å². The molecular formula is C22H24N4O. The quantitative estimate of drug-likeness (QED) is 0.702. The van der Waals surface area contributed by atoms with Gasteiger partial charge in [-0.3, -0.25) is 9.78 Å². The van der Waals surface area contributed by atoms with E-state index in [4.69, 9.17) is 0 Å². The van der Waals surface area contributed by atoms with Crippen molar-refractivity contribution in [2.75, 3.05) is 18.5 Å². The number of nitrogens with zero attached hydrogens (tertiary/aromatic N) is 3. The van der Waals surface area contributed by atoms with Crippen LogP contribution in [0.15, 0.2) is 67.1 Å². The van der Waals surface area contributed by atoms with Crippen molar-refractivity contribution >= 4 is 11.7 Å². The maximum absolute atomic E-state index is 12.4. The van der Waals surface area contributed by atoms with E-state index in [0.29, 0.717) is 12.1 Å². The molecule has 0 saturated heterocycles. The van der Waals surface area contributed by atoms with E-state index in [1.54, 1.807) is 18.6 Å². The summed E-state index contributed by atoms with van der Waals surface area (Å²) in [5.74, 6) is 0.733. The molecule has 1 N–H and O–H groups in total. The Hall–Kier alpha value is -3.21. The van der Waals surface area contributed by atoms with Gasteiger partial charge < -0.3 is 10.2 Å². The summed E-state index contributed by atoms with van der Waals surface area (Å²) in [6, 6.07) is 15.8. The zero-order valence-corrected chi connectivity index (χ0v) is 15.7. The zero-order valence-electron chi connectivity index (χ0n) is 15.7. The number of aryl methyl sites for hydroxylation is 1. The average Bonchev–Trinajstić information content (AvgIpc) is 2.72. The number of likely N-dealkylation sites (N-methyl/N-ethyl adjacent to an activating group) is 1. The van der Waals surface area contributed by atoms with Crippen LogP contribution in [0.2, 0.25) is 0 Å². The van der Waals surface area contributed by atoms with Crippen LogP contribution in [0.25, 0.3) is 0 Å². The summed E-state index contributed by atoms with van der Waals surface area (Å²) in [5.41, 5.74) is 4.09. The smallest absolute Gasteiger partial charge is 0.253 e. The van der Waals surface area contributed by atoms with E-state index in [9.17, 15) is 4.79 Å². The Labute approximate surface area is 160 Å². The molecule has 1 amide bonds. The number of anilines is 1. The summed E-state index contributed by atoms with van der Waals surface area (Å²) in [6.07, 6.45) is 6.15. The third kappa shape index (κ3) is 5.14. The van der Waals surface area contributed by atoms with Crippen molar-refractivity contribution < 1.29 is 4.79 Å². The SMILES string of the molecule is Cc1ccccc1CNC(=O)c1ccc(N(C)CCc2ccncc2)nc1. The highest BCUT2D eigenvalue weighted by Crippen LogP contribution is 2.12. The zero-order chi connectivity index (χ0) is 19.1. The fraction of sp³-hybridized carbons (Fsp3) is 0.227. The molecule has 0 spiro atoms. The summed E-state index contributed by atoms with van der Waals surface area (Å²) < 4.78 is 0. The van der Waals surface area contributed by atoms with Gasteiger partial charge in [0.05, 0.1) is 5.56 Å². The number of pyridine rings is 2. The summed E-state index contributed by atoms with van der Waals surface area (Å²) in [4.78, 5) is 22.9. The number of hydrogen-bond acceptors (Lipinski definition) is 4. The van der Waals surface area contributed by atoms with Crippen LogP contribution in [0.1, 0.15) is 27.0 Å².